The molecular weight excluding hydrogens is 512 g/mol. The van der Waals surface area contributed by atoms with Gasteiger partial charge < -0.3 is 0 Å². The highest BCUT2D eigenvalue weighted by atomic mass is 35.5. The first kappa shape index (κ1) is 31.0. The number of carbonyl (C=O) groups excluding carboxylic acids is 3. The lowest BCUT2D eigenvalue weighted by Gasteiger charge is -2.30. The zero-order valence-corrected chi connectivity index (χ0v) is 24.3. The molecule has 0 N–H and O–H groups in total. The highest BCUT2D eigenvalue weighted by Crippen LogP contribution is 2.34. The van der Waals surface area contributed by atoms with E-state index in [2.05, 4.69) is 17.2 Å². The van der Waals surface area contributed by atoms with Gasteiger partial charge in [0, 0.05) is 12.8 Å². The molecule has 1 saturated heterocycles. The number of carbonyl (C=O) groups is 3. The molecule has 0 radical (unpaired) electrons. The maximum atomic E-state index is 12.0. The molecule has 1 aromatic carbocycles. The number of halogens is 1. The topological polar surface area (TPSA) is 82.4 Å². The monoisotopic (exact) mass is 556 g/mol. The van der Waals surface area contributed by atoms with E-state index in [1.54, 1.807) is 24.3 Å². The first-order valence-electron chi connectivity index (χ1n) is 15.1. The van der Waals surface area contributed by atoms with E-state index < -0.39 is 5.91 Å². The number of benzene rings is 1. The number of hydrogen-bond acceptors (Lipinski definition) is 5. The molecule has 1 aromatic rings. The Morgan fingerprint density at radius 1 is 0.821 bits per heavy atom. The van der Waals surface area contributed by atoms with Crippen LogP contribution in [-0.4, -0.2) is 22.7 Å². The average molecular weight is 557 g/mol. The van der Waals surface area contributed by atoms with Crippen molar-refractivity contribution in [2.75, 3.05) is 5.01 Å². The minimum Gasteiger partial charge on any atom is -0.272 e. The fourth-order valence-corrected chi connectivity index (χ4v) is 5.73. The quantitative estimate of drug-likeness (QED) is 0.159. The smallest absolute Gasteiger partial charge is 0.272 e. The van der Waals surface area contributed by atoms with Gasteiger partial charge in [-0.05, 0) is 18.1 Å². The van der Waals surface area contributed by atoms with Crippen LogP contribution in [-0.2, 0) is 14.4 Å². The van der Waals surface area contributed by atoms with E-state index in [1.807, 2.05) is 0 Å². The molecule has 4 rings (SSSR count). The van der Waals surface area contributed by atoms with Crippen LogP contribution in [0.5, 0.6) is 0 Å². The Hall–Kier alpha value is -2.54. The number of hydrogen-bond donors (Lipinski definition) is 0. The van der Waals surface area contributed by atoms with Crippen LogP contribution in [0, 0.1) is 5.92 Å². The van der Waals surface area contributed by atoms with Gasteiger partial charge in [-0.2, -0.15) is 5.01 Å². The summed E-state index contributed by atoms with van der Waals surface area (Å²) in [5, 5.41) is 9.58. The van der Waals surface area contributed by atoms with Crippen LogP contribution in [0.4, 0.5) is 5.69 Å². The zero-order chi connectivity index (χ0) is 27.9. The minimum atomic E-state index is -0.554. The Labute approximate surface area is 239 Å². The van der Waals surface area contributed by atoms with Crippen LogP contribution in [0.2, 0.25) is 5.02 Å². The predicted molar refractivity (Wildman–Crippen MR) is 156 cm³/mol. The Kier molecular flexibility index (Phi) is 13.7. The van der Waals surface area contributed by atoms with Crippen molar-refractivity contribution in [2.24, 2.45) is 16.1 Å². The summed E-state index contributed by atoms with van der Waals surface area (Å²) in [5.41, 5.74) is 0.377. The Bertz CT molecular complexity index is 987. The van der Waals surface area contributed by atoms with E-state index in [4.69, 9.17) is 11.6 Å². The zero-order valence-electron chi connectivity index (χ0n) is 23.6. The number of nitrogens with zero attached hydrogens (tertiary/aromatic N) is 4. The molecular formula is C31H45ClN4O3. The normalized spacial score (nSPS) is 17.1. The summed E-state index contributed by atoms with van der Waals surface area (Å²) in [4.78, 5) is 35.2. The Balaban J connectivity index is 0.000000219. The lowest BCUT2D eigenvalue weighted by atomic mass is 9.99. The molecule has 8 heteroatoms. The van der Waals surface area contributed by atoms with Crippen LogP contribution < -0.4 is 5.01 Å². The third kappa shape index (κ3) is 10.2. The van der Waals surface area contributed by atoms with Gasteiger partial charge in [-0.1, -0.05) is 133 Å². The van der Waals surface area contributed by atoms with Gasteiger partial charge in [-0.15, -0.1) is 10.2 Å². The van der Waals surface area contributed by atoms with Crippen molar-refractivity contribution in [1.29, 1.82) is 0 Å². The van der Waals surface area contributed by atoms with Crippen molar-refractivity contribution < 1.29 is 14.4 Å². The van der Waals surface area contributed by atoms with Crippen LogP contribution in [0.25, 0.3) is 0 Å². The molecule has 3 aliphatic rings. The number of rotatable bonds is 15. The second kappa shape index (κ2) is 17.2. The lowest BCUT2D eigenvalue weighted by Crippen LogP contribution is -2.45. The Morgan fingerprint density at radius 2 is 1.38 bits per heavy atom. The van der Waals surface area contributed by atoms with Gasteiger partial charge in [-0.25, -0.2) is 5.01 Å². The second-order valence-electron chi connectivity index (χ2n) is 10.9. The fraction of sp³-hybridized carbons (Fsp3) is 0.645. The summed E-state index contributed by atoms with van der Waals surface area (Å²) < 4.78 is 0. The van der Waals surface area contributed by atoms with E-state index in [0.29, 0.717) is 10.7 Å². The molecule has 2 aliphatic heterocycles. The van der Waals surface area contributed by atoms with Gasteiger partial charge in [-0.3, -0.25) is 14.4 Å². The largest absolute Gasteiger partial charge is 0.292 e. The summed E-state index contributed by atoms with van der Waals surface area (Å²) in [5.74, 6) is -0.118. The van der Waals surface area contributed by atoms with E-state index in [9.17, 15) is 14.4 Å². The average Bonchev–Trinajstić information content (AvgIpc) is 3.68. The standard InChI is InChI=1S/C18H36.C13H9ClN4O3/c1-2-3-4-5-6-7-8-9-10-11-12-15-18-16-13-14-17-18;14-8-3-1-2-4-9(8)17(10-7-11(19)16-15-10)18-12(20)5-6-13(18)21/h18H,2-17H2,1H3;1-4,7H,5-6H2. The molecule has 1 aliphatic carbocycles. The molecule has 2 heterocycles. The molecule has 2 fully saturated rings. The molecule has 0 bridgehead atoms. The Morgan fingerprint density at radius 3 is 1.92 bits per heavy atom. The van der Waals surface area contributed by atoms with Crippen LogP contribution in [0.1, 0.15) is 122 Å². The van der Waals surface area contributed by atoms with E-state index in [-0.39, 0.29) is 30.5 Å². The molecule has 0 aromatic heterocycles. The number of amides is 3. The SMILES string of the molecule is CCCCCCCCCCCCCC1CCCC1.O=C1C=C(N(c2ccccc2Cl)N2C(=O)CCC2=O)N=N1. The second-order valence-corrected chi connectivity index (χ2v) is 11.3. The third-order valence-electron chi connectivity index (χ3n) is 7.72. The first-order chi connectivity index (χ1) is 19.0. The van der Waals surface area contributed by atoms with Crippen molar-refractivity contribution in [3.63, 3.8) is 0 Å². The third-order valence-corrected chi connectivity index (χ3v) is 8.04. The van der Waals surface area contributed by atoms with Gasteiger partial charge >= 0.3 is 0 Å². The predicted octanol–water partition coefficient (Wildman–Crippen LogP) is 8.92. The first-order valence-corrected chi connectivity index (χ1v) is 15.5. The number of para-hydroxylation sites is 1. The molecule has 214 valence electrons. The summed E-state index contributed by atoms with van der Waals surface area (Å²) in [6, 6.07) is 6.66. The van der Waals surface area contributed by atoms with Crippen LogP contribution in [0.3, 0.4) is 0 Å². The highest BCUT2D eigenvalue weighted by molar-refractivity contribution is 6.33. The minimum absolute atomic E-state index is 0.0803. The summed E-state index contributed by atoms with van der Waals surface area (Å²) in [6.07, 6.45) is 25.3. The van der Waals surface area contributed by atoms with Crippen molar-refractivity contribution >= 4 is 35.0 Å². The van der Waals surface area contributed by atoms with Crippen molar-refractivity contribution in [3.8, 4) is 0 Å². The number of unbranched alkanes of at least 4 members (excludes halogenated alkanes) is 10. The number of imide groups is 1. The lowest BCUT2D eigenvalue weighted by molar-refractivity contribution is -0.138. The fourth-order valence-electron chi connectivity index (χ4n) is 5.51. The highest BCUT2D eigenvalue weighted by Gasteiger charge is 2.38. The van der Waals surface area contributed by atoms with Gasteiger partial charge in [0.05, 0.1) is 16.8 Å². The summed E-state index contributed by atoms with van der Waals surface area (Å²) in [6.45, 7) is 2.30. The van der Waals surface area contributed by atoms with Gasteiger partial charge in [0.2, 0.25) is 11.8 Å². The van der Waals surface area contributed by atoms with E-state index >= 15 is 0 Å². The van der Waals surface area contributed by atoms with Crippen molar-refractivity contribution in [3.05, 3.63) is 41.2 Å². The van der Waals surface area contributed by atoms with Gasteiger partial charge in [0.1, 0.15) is 0 Å². The maximum Gasteiger partial charge on any atom is 0.292 e. The molecule has 0 atom stereocenters. The number of azo groups is 1. The van der Waals surface area contributed by atoms with E-state index in [0.717, 1.165) is 17.0 Å². The van der Waals surface area contributed by atoms with Crippen molar-refractivity contribution in [2.45, 2.75) is 122 Å². The summed E-state index contributed by atoms with van der Waals surface area (Å²) >= 11 is 6.13. The number of anilines is 1. The van der Waals surface area contributed by atoms with Crippen LogP contribution in [0.15, 0.2) is 46.4 Å². The van der Waals surface area contributed by atoms with Crippen LogP contribution >= 0.6 is 11.6 Å². The van der Waals surface area contributed by atoms with Gasteiger partial charge in [0.15, 0.2) is 5.82 Å². The molecule has 0 unspecified atom stereocenters. The summed E-state index contributed by atoms with van der Waals surface area (Å²) in [7, 11) is 0. The molecule has 1 saturated carbocycles. The maximum absolute atomic E-state index is 12.0. The molecule has 39 heavy (non-hydrogen) atoms. The van der Waals surface area contributed by atoms with Gasteiger partial charge in [0.25, 0.3) is 5.91 Å². The van der Waals surface area contributed by atoms with E-state index in [1.165, 1.54) is 108 Å². The number of hydrazine groups is 1. The molecule has 3 amide bonds. The molecule has 7 nitrogen and oxygen atoms in total. The molecule has 0 spiro atoms. The van der Waals surface area contributed by atoms with Crippen molar-refractivity contribution in [1.82, 2.24) is 5.01 Å².